The van der Waals surface area contributed by atoms with Crippen molar-refractivity contribution in [3.63, 3.8) is 0 Å². The third-order valence-electron chi connectivity index (χ3n) is 3.38. The molecule has 1 aliphatic rings. The summed E-state index contributed by atoms with van der Waals surface area (Å²) < 4.78 is 5.27. The minimum atomic E-state index is -0.402. The molecule has 0 aromatic rings. The van der Waals surface area contributed by atoms with Crippen LogP contribution < -0.4 is 0 Å². The average Bonchev–Trinajstić information content (AvgIpc) is 2.30. The first-order valence-corrected chi connectivity index (χ1v) is 6.16. The maximum absolute atomic E-state index is 12.4. The van der Waals surface area contributed by atoms with Gasteiger partial charge in [0.1, 0.15) is 0 Å². The Morgan fingerprint density at radius 3 is 2.19 bits per heavy atom. The van der Waals surface area contributed by atoms with Crippen LogP contribution in [0, 0.1) is 0 Å². The molecule has 0 aromatic heterocycles. The summed E-state index contributed by atoms with van der Waals surface area (Å²) in [5.41, 5.74) is -0.402. The second-order valence-corrected chi connectivity index (χ2v) is 4.64. The number of carbonyl (C=O) groups is 1. The topological polar surface area (TPSA) is 32.8 Å². The number of rotatable bonds is 4. The summed E-state index contributed by atoms with van der Waals surface area (Å²) >= 11 is 0. The Hall–Kier alpha value is -0.610. The highest BCUT2D eigenvalue weighted by molar-refractivity contribution is 5.85. The number of amides is 1. The van der Waals surface area contributed by atoms with Gasteiger partial charge in [-0.25, -0.2) is 0 Å². The fourth-order valence-electron chi connectivity index (χ4n) is 2.30. The maximum Gasteiger partial charge on any atom is 0.242 e. The molecular formula is C12H24N2O2. The zero-order chi connectivity index (χ0) is 12.2. The van der Waals surface area contributed by atoms with Crippen LogP contribution in [0.1, 0.15) is 27.7 Å². The molecule has 1 saturated heterocycles. The highest BCUT2D eigenvalue weighted by Crippen LogP contribution is 2.18. The van der Waals surface area contributed by atoms with Gasteiger partial charge >= 0.3 is 0 Å². The largest absolute Gasteiger partial charge is 0.378 e. The summed E-state index contributed by atoms with van der Waals surface area (Å²) in [4.78, 5) is 16.5. The van der Waals surface area contributed by atoms with E-state index in [9.17, 15) is 4.79 Å². The standard InChI is InChI=1S/C12H24N2O2/c1-5-14(6-2)12(3,4)11(15)13-7-9-16-10-8-13/h5-10H2,1-4H3. The third-order valence-corrected chi connectivity index (χ3v) is 3.38. The van der Waals surface area contributed by atoms with Gasteiger partial charge in [0.2, 0.25) is 5.91 Å². The Morgan fingerprint density at radius 2 is 1.75 bits per heavy atom. The van der Waals surface area contributed by atoms with Gasteiger partial charge in [-0.3, -0.25) is 9.69 Å². The molecule has 0 saturated carbocycles. The zero-order valence-electron chi connectivity index (χ0n) is 11.0. The molecule has 94 valence electrons. The minimum absolute atomic E-state index is 0.222. The first-order valence-electron chi connectivity index (χ1n) is 6.16. The van der Waals surface area contributed by atoms with E-state index in [0.29, 0.717) is 13.2 Å². The van der Waals surface area contributed by atoms with E-state index < -0.39 is 5.54 Å². The van der Waals surface area contributed by atoms with Gasteiger partial charge in [-0.15, -0.1) is 0 Å². The predicted molar refractivity (Wildman–Crippen MR) is 64.4 cm³/mol. The first-order chi connectivity index (χ1) is 7.54. The molecule has 0 aromatic carbocycles. The van der Waals surface area contributed by atoms with E-state index in [1.165, 1.54) is 0 Å². The molecule has 0 unspecified atom stereocenters. The summed E-state index contributed by atoms with van der Waals surface area (Å²) in [7, 11) is 0. The molecule has 0 N–H and O–H groups in total. The minimum Gasteiger partial charge on any atom is -0.378 e. The van der Waals surface area contributed by atoms with E-state index in [2.05, 4.69) is 18.7 Å². The monoisotopic (exact) mass is 228 g/mol. The predicted octanol–water partition coefficient (Wildman–Crippen LogP) is 0.966. The van der Waals surface area contributed by atoms with Gasteiger partial charge in [-0.05, 0) is 26.9 Å². The van der Waals surface area contributed by atoms with Crippen molar-refractivity contribution in [2.75, 3.05) is 39.4 Å². The molecule has 1 amide bonds. The first kappa shape index (κ1) is 13.5. The van der Waals surface area contributed by atoms with Gasteiger partial charge in [0.25, 0.3) is 0 Å². The smallest absolute Gasteiger partial charge is 0.242 e. The van der Waals surface area contributed by atoms with Gasteiger partial charge < -0.3 is 9.64 Å². The molecule has 1 rings (SSSR count). The number of hydrogen-bond donors (Lipinski definition) is 0. The summed E-state index contributed by atoms with van der Waals surface area (Å²) in [5, 5.41) is 0. The summed E-state index contributed by atoms with van der Waals surface area (Å²) in [6, 6.07) is 0. The Bertz CT molecular complexity index is 231. The molecule has 4 nitrogen and oxygen atoms in total. The maximum atomic E-state index is 12.4. The van der Waals surface area contributed by atoms with Crippen molar-refractivity contribution < 1.29 is 9.53 Å². The van der Waals surface area contributed by atoms with E-state index in [1.807, 2.05) is 18.7 Å². The van der Waals surface area contributed by atoms with Crippen LogP contribution in [-0.4, -0.2) is 60.6 Å². The molecule has 0 aliphatic carbocycles. The van der Waals surface area contributed by atoms with E-state index in [0.717, 1.165) is 26.2 Å². The normalized spacial score (nSPS) is 17.9. The Labute approximate surface area is 98.5 Å². The van der Waals surface area contributed by atoms with Gasteiger partial charge in [0.05, 0.1) is 18.8 Å². The van der Waals surface area contributed by atoms with Gasteiger partial charge in [0, 0.05) is 13.1 Å². The molecule has 0 spiro atoms. The van der Waals surface area contributed by atoms with Crippen molar-refractivity contribution in [1.82, 2.24) is 9.80 Å². The number of nitrogens with zero attached hydrogens (tertiary/aromatic N) is 2. The number of ether oxygens (including phenoxy) is 1. The van der Waals surface area contributed by atoms with Crippen LogP contribution >= 0.6 is 0 Å². The van der Waals surface area contributed by atoms with Crippen LogP contribution in [-0.2, 0) is 9.53 Å². The lowest BCUT2D eigenvalue weighted by Gasteiger charge is -2.40. The van der Waals surface area contributed by atoms with Crippen molar-refractivity contribution in [2.45, 2.75) is 33.2 Å². The van der Waals surface area contributed by atoms with Gasteiger partial charge in [0.15, 0.2) is 0 Å². The molecule has 4 heteroatoms. The van der Waals surface area contributed by atoms with Crippen LogP contribution in [0.3, 0.4) is 0 Å². The quantitative estimate of drug-likeness (QED) is 0.718. The lowest BCUT2D eigenvalue weighted by atomic mass is 10.00. The zero-order valence-corrected chi connectivity index (χ0v) is 11.0. The molecular weight excluding hydrogens is 204 g/mol. The third kappa shape index (κ3) is 2.74. The summed E-state index contributed by atoms with van der Waals surface area (Å²) in [5.74, 6) is 0.222. The second-order valence-electron chi connectivity index (χ2n) is 4.64. The Kier molecular flexibility index (Phi) is 4.74. The molecule has 16 heavy (non-hydrogen) atoms. The van der Waals surface area contributed by atoms with E-state index in [4.69, 9.17) is 4.74 Å². The van der Waals surface area contributed by atoms with Crippen molar-refractivity contribution in [2.24, 2.45) is 0 Å². The van der Waals surface area contributed by atoms with Gasteiger partial charge in [-0.1, -0.05) is 13.8 Å². The highest BCUT2D eigenvalue weighted by Gasteiger charge is 2.36. The van der Waals surface area contributed by atoms with E-state index >= 15 is 0 Å². The molecule has 0 atom stereocenters. The lowest BCUT2D eigenvalue weighted by molar-refractivity contribution is -0.146. The van der Waals surface area contributed by atoms with Crippen LogP contribution in [0.5, 0.6) is 0 Å². The second kappa shape index (κ2) is 5.64. The fourth-order valence-corrected chi connectivity index (χ4v) is 2.30. The summed E-state index contributed by atoms with van der Waals surface area (Å²) in [6.07, 6.45) is 0. The number of morpholine rings is 1. The average molecular weight is 228 g/mol. The fraction of sp³-hybridized carbons (Fsp3) is 0.917. The van der Waals surface area contributed by atoms with Crippen LogP contribution in [0.4, 0.5) is 0 Å². The van der Waals surface area contributed by atoms with E-state index in [-0.39, 0.29) is 5.91 Å². The van der Waals surface area contributed by atoms with Crippen LogP contribution in [0.2, 0.25) is 0 Å². The van der Waals surface area contributed by atoms with Crippen molar-refractivity contribution >= 4 is 5.91 Å². The van der Waals surface area contributed by atoms with Crippen LogP contribution in [0.25, 0.3) is 0 Å². The van der Waals surface area contributed by atoms with Crippen molar-refractivity contribution in [3.05, 3.63) is 0 Å². The molecule has 1 fully saturated rings. The van der Waals surface area contributed by atoms with Gasteiger partial charge in [-0.2, -0.15) is 0 Å². The number of likely N-dealkylation sites (N-methyl/N-ethyl adjacent to an activating group) is 1. The number of hydrogen-bond acceptors (Lipinski definition) is 3. The van der Waals surface area contributed by atoms with Crippen LogP contribution in [0.15, 0.2) is 0 Å². The Balaban J connectivity index is 2.69. The molecule has 0 radical (unpaired) electrons. The molecule has 1 aliphatic heterocycles. The summed E-state index contributed by atoms with van der Waals surface area (Å²) in [6.45, 7) is 12.8. The molecule has 0 bridgehead atoms. The van der Waals surface area contributed by atoms with E-state index in [1.54, 1.807) is 0 Å². The Morgan fingerprint density at radius 1 is 1.25 bits per heavy atom. The SMILES string of the molecule is CCN(CC)C(C)(C)C(=O)N1CCOCC1. The highest BCUT2D eigenvalue weighted by atomic mass is 16.5. The lowest BCUT2D eigenvalue weighted by Crippen LogP contribution is -2.57. The van der Waals surface area contributed by atoms with Crippen molar-refractivity contribution in [3.8, 4) is 0 Å². The molecule has 1 heterocycles. The number of carbonyl (C=O) groups excluding carboxylic acids is 1. The van der Waals surface area contributed by atoms with Crippen molar-refractivity contribution in [1.29, 1.82) is 0 Å².